The van der Waals surface area contributed by atoms with Gasteiger partial charge in [0.25, 0.3) is 6.43 Å². The van der Waals surface area contributed by atoms with Gasteiger partial charge in [-0.05, 0) is 13.0 Å². The summed E-state index contributed by atoms with van der Waals surface area (Å²) in [6, 6.07) is 1.20. The second-order valence-electron chi connectivity index (χ2n) is 3.39. The second kappa shape index (κ2) is 6.99. The highest BCUT2D eigenvalue weighted by molar-refractivity contribution is 9.08. The minimum Gasteiger partial charge on any atom is -0.466 e. The molecule has 0 unspecified atom stereocenters. The van der Waals surface area contributed by atoms with Crippen molar-refractivity contribution in [1.82, 2.24) is 4.98 Å². The first-order valence-corrected chi connectivity index (χ1v) is 6.67. The van der Waals surface area contributed by atoms with E-state index in [1.54, 1.807) is 6.92 Å². The molecule has 0 amide bonds. The molecule has 0 saturated heterocycles. The van der Waals surface area contributed by atoms with Crippen LogP contribution in [0.25, 0.3) is 0 Å². The van der Waals surface area contributed by atoms with E-state index in [0.717, 1.165) is 0 Å². The number of carbonyl (C=O) groups excluding carboxylic acids is 1. The summed E-state index contributed by atoms with van der Waals surface area (Å²) in [5.74, 6) is -0.520. The summed E-state index contributed by atoms with van der Waals surface area (Å²) >= 11 is 8.91. The standard InChI is InChI=1S/C11H11BrClF2NO2/c1-2-18-9(17)4-6-3-7(11(14)15)8(5-12)16-10(6)13/h3,11H,2,4-5H2,1H3. The summed E-state index contributed by atoms with van der Waals surface area (Å²) in [6.07, 6.45) is -2.83. The fourth-order valence-electron chi connectivity index (χ4n) is 1.37. The van der Waals surface area contributed by atoms with Gasteiger partial charge >= 0.3 is 5.97 Å². The number of nitrogens with zero attached hydrogens (tertiary/aromatic N) is 1. The van der Waals surface area contributed by atoms with Crippen LogP contribution in [-0.2, 0) is 21.3 Å². The Balaban J connectivity index is 3.05. The fourth-order valence-corrected chi connectivity index (χ4v) is 2.05. The zero-order valence-corrected chi connectivity index (χ0v) is 11.9. The van der Waals surface area contributed by atoms with Gasteiger partial charge in [-0.1, -0.05) is 27.5 Å². The van der Waals surface area contributed by atoms with Gasteiger partial charge in [0, 0.05) is 16.5 Å². The maximum Gasteiger partial charge on any atom is 0.310 e. The van der Waals surface area contributed by atoms with Crippen molar-refractivity contribution in [2.45, 2.75) is 25.1 Å². The molecule has 100 valence electrons. The SMILES string of the molecule is CCOC(=O)Cc1cc(C(F)F)c(CBr)nc1Cl. The zero-order valence-electron chi connectivity index (χ0n) is 9.55. The summed E-state index contributed by atoms with van der Waals surface area (Å²) in [5.41, 5.74) is 0.188. The Hall–Kier alpha value is -0.750. The van der Waals surface area contributed by atoms with E-state index in [1.165, 1.54) is 6.07 Å². The number of esters is 1. The van der Waals surface area contributed by atoms with E-state index in [4.69, 9.17) is 16.3 Å². The van der Waals surface area contributed by atoms with Crippen molar-refractivity contribution in [3.8, 4) is 0 Å². The minimum atomic E-state index is -2.66. The third-order valence-electron chi connectivity index (χ3n) is 2.16. The highest BCUT2D eigenvalue weighted by atomic mass is 79.9. The van der Waals surface area contributed by atoms with E-state index in [0.29, 0.717) is 0 Å². The lowest BCUT2D eigenvalue weighted by molar-refractivity contribution is -0.142. The van der Waals surface area contributed by atoms with Gasteiger partial charge in [0.05, 0.1) is 18.7 Å². The molecule has 1 heterocycles. The van der Waals surface area contributed by atoms with Crippen molar-refractivity contribution in [3.05, 3.63) is 28.0 Å². The summed E-state index contributed by atoms with van der Waals surface area (Å²) in [5, 5.41) is 0.216. The predicted molar refractivity (Wildman–Crippen MR) is 67.2 cm³/mol. The van der Waals surface area contributed by atoms with Gasteiger partial charge in [-0.15, -0.1) is 0 Å². The van der Waals surface area contributed by atoms with E-state index in [2.05, 4.69) is 20.9 Å². The van der Waals surface area contributed by atoms with Crippen molar-refractivity contribution in [3.63, 3.8) is 0 Å². The van der Waals surface area contributed by atoms with E-state index in [1.807, 2.05) is 0 Å². The number of halogens is 4. The van der Waals surface area contributed by atoms with Crippen molar-refractivity contribution >= 4 is 33.5 Å². The molecule has 0 atom stereocenters. The molecule has 0 fully saturated rings. The van der Waals surface area contributed by atoms with Gasteiger partial charge in [-0.3, -0.25) is 4.79 Å². The Kier molecular flexibility index (Phi) is 5.95. The van der Waals surface area contributed by atoms with Crippen molar-refractivity contribution in [2.75, 3.05) is 6.61 Å². The van der Waals surface area contributed by atoms with Crippen LogP contribution in [0.15, 0.2) is 6.07 Å². The molecule has 0 aromatic carbocycles. The number of alkyl halides is 3. The van der Waals surface area contributed by atoms with Crippen LogP contribution in [-0.4, -0.2) is 17.6 Å². The Bertz CT molecular complexity index is 443. The lowest BCUT2D eigenvalue weighted by Crippen LogP contribution is -2.10. The second-order valence-corrected chi connectivity index (χ2v) is 4.31. The Morgan fingerprint density at radius 1 is 1.61 bits per heavy atom. The van der Waals surface area contributed by atoms with Crippen molar-refractivity contribution < 1.29 is 18.3 Å². The molecule has 0 spiro atoms. The van der Waals surface area contributed by atoms with Gasteiger partial charge < -0.3 is 4.74 Å². The van der Waals surface area contributed by atoms with Crippen LogP contribution in [0.4, 0.5) is 8.78 Å². The Morgan fingerprint density at radius 3 is 2.78 bits per heavy atom. The third-order valence-corrected chi connectivity index (χ3v) is 3.02. The summed E-state index contributed by atoms with van der Waals surface area (Å²) in [6.45, 7) is 1.89. The molecule has 3 nitrogen and oxygen atoms in total. The molecule has 0 saturated carbocycles. The maximum absolute atomic E-state index is 12.8. The highest BCUT2D eigenvalue weighted by Crippen LogP contribution is 2.28. The number of pyridine rings is 1. The number of rotatable bonds is 5. The molecule has 1 aromatic rings. The van der Waals surface area contributed by atoms with Gasteiger partial charge in [-0.2, -0.15) is 0 Å². The number of ether oxygens (including phenoxy) is 1. The molecule has 18 heavy (non-hydrogen) atoms. The van der Waals surface area contributed by atoms with Gasteiger partial charge in [0.15, 0.2) is 0 Å². The molecular formula is C11H11BrClF2NO2. The quantitative estimate of drug-likeness (QED) is 0.465. The molecule has 1 aromatic heterocycles. The monoisotopic (exact) mass is 341 g/mol. The normalized spacial score (nSPS) is 10.8. The van der Waals surface area contributed by atoms with Gasteiger partial charge in [0.2, 0.25) is 0 Å². The molecule has 0 aliphatic heterocycles. The van der Waals surface area contributed by atoms with Crippen LogP contribution >= 0.6 is 27.5 Å². The van der Waals surface area contributed by atoms with Crippen LogP contribution in [0.1, 0.15) is 30.2 Å². The highest BCUT2D eigenvalue weighted by Gasteiger charge is 2.18. The lowest BCUT2D eigenvalue weighted by Gasteiger charge is -2.10. The Labute approximate surface area is 117 Å². The molecule has 0 bridgehead atoms. The van der Waals surface area contributed by atoms with Crippen LogP contribution < -0.4 is 0 Å². The fraction of sp³-hybridized carbons (Fsp3) is 0.455. The summed E-state index contributed by atoms with van der Waals surface area (Å²) in [7, 11) is 0. The Morgan fingerprint density at radius 2 is 2.28 bits per heavy atom. The molecule has 7 heteroatoms. The first-order valence-electron chi connectivity index (χ1n) is 5.17. The number of hydrogen-bond acceptors (Lipinski definition) is 3. The average molecular weight is 343 g/mol. The predicted octanol–water partition coefficient (Wildman–Crippen LogP) is 3.67. The van der Waals surface area contributed by atoms with E-state index < -0.39 is 12.4 Å². The molecular weight excluding hydrogens is 331 g/mol. The van der Waals surface area contributed by atoms with Crippen molar-refractivity contribution in [2.24, 2.45) is 0 Å². The first kappa shape index (κ1) is 15.3. The average Bonchev–Trinajstić information content (AvgIpc) is 2.31. The third kappa shape index (κ3) is 3.88. The largest absolute Gasteiger partial charge is 0.466 e. The molecule has 1 rings (SSSR count). The lowest BCUT2D eigenvalue weighted by atomic mass is 10.1. The van der Waals surface area contributed by atoms with Crippen LogP contribution in [0.5, 0.6) is 0 Å². The van der Waals surface area contributed by atoms with Gasteiger partial charge in [0.1, 0.15) is 5.15 Å². The molecule has 0 radical (unpaired) electrons. The first-order chi connectivity index (χ1) is 8.49. The topological polar surface area (TPSA) is 39.2 Å². The number of aromatic nitrogens is 1. The smallest absolute Gasteiger partial charge is 0.310 e. The maximum atomic E-state index is 12.8. The van der Waals surface area contributed by atoms with Crippen LogP contribution in [0, 0.1) is 0 Å². The van der Waals surface area contributed by atoms with Crippen molar-refractivity contribution in [1.29, 1.82) is 0 Å². The van der Waals surface area contributed by atoms with Gasteiger partial charge in [-0.25, -0.2) is 13.8 Å². The van der Waals surface area contributed by atoms with E-state index in [9.17, 15) is 13.6 Å². The molecule has 0 aliphatic carbocycles. The number of hydrogen-bond donors (Lipinski definition) is 0. The van der Waals surface area contributed by atoms with E-state index in [-0.39, 0.29) is 40.3 Å². The molecule has 0 aliphatic rings. The molecule has 0 N–H and O–H groups in total. The van der Waals surface area contributed by atoms with Crippen LogP contribution in [0.3, 0.4) is 0 Å². The van der Waals surface area contributed by atoms with Crippen LogP contribution in [0.2, 0.25) is 5.15 Å². The zero-order chi connectivity index (χ0) is 13.7. The van der Waals surface area contributed by atoms with E-state index >= 15 is 0 Å². The summed E-state index contributed by atoms with van der Waals surface area (Å²) < 4.78 is 30.3. The minimum absolute atomic E-state index is 0.0434. The number of carbonyl (C=O) groups is 1. The summed E-state index contributed by atoms with van der Waals surface area (Å²) in [4.78, 5) is 15.2.